The number of methoxy groups -OCH3 is 1. The van der Waals surface area contributed by atoms with Crippen LogP contribution in [0.1, 0.15) is 24.2 Å². The average Bonchev–Trinajstić information content (AvgIpc) is 2.70. The first-order valence-corrected chi connectivity index (χ1v) is 8.98. The number of rotatable bonds is 7. The number of pyridine rings is 1. The molecule has 1 heterocycles. The second kappa shape index (κ2) is 8.90. The number of hydrogen-bond donors (Lipinski definition) is 2. The summed E-state index contributed by atoms with van der Waals surface area (Å²) < 4.78 is 10.7. The highest BCUT2D eigenvalue weighted by Gasteiger charge is 2.07. The molecule has 0 spiro atoms. The van der Waals surface area contributed by atoms with E-state index >= 15 is 0 Å². The summed E-state index contributed by atoms with van der Waals surface area (Å²) in [7, 11) is 1.59. The Morgan fingerprint density at radius 2 is 1.54 bits per heavy atom. The van der Waals surface area contributed by atoms with Gasteiger partial charge < -0.3 is 20.1 Å². The van der Waals surface area contributed by atoms with Crippen molar-refractivity contribution in [2.75, 3.05) is 17.7 Å². The van der Waals surface area contributed by atoms with Crippen LogP contribution in [-0.2, 0) is 0 Å². The highest BCUT2D eigenvalue weighted by molar-refractivity contribution is 6.03. The molecule has 0 fully saturated rings. The standard InChI is InChI=1S/C22H23N3O3/c1-15(2)28-20-11-6-17(7-12-20)24-18-8-13-21(23-14-18)25-22(26)16-4-9-19(27-3)10-5-16/h4-15,24H,1-3H3,(H,23,25,26). The molecule has 3 aromatic rings. The molecular weight excluding hydrogens is 354 g/mol. The van der Waals surface area contributed by atoms with Gasteiger partial charge in [0, 0.05) is 11.3 Å². The summed E-state index contributed by atoms with van der Waals surface area (Å²) in [6.07, 6.45) is 1.81. The van der Waals surface area contributed by atoms with E-state index in [9.17, 15) is 4.79 Å². The topological polar surface area (TPSA) is 72.5 Å². The molecule has 0 bridgehead atoms. The number of aromatic nitrogens is 1. The van der Waals surface area contributed by atoms with Gasteiger partial charge in [-0.15, -0.1) is 0 Å². The predicted octanol–water partition coefficient (Wildman–Crippen LogP) is 4.87. The van der Waals surface area contributed by atoms with Gasteiger partial charge in [-0.3, -0.25) is 4.79 Å². The fourth-order valence-electron chi connectivity index (χ4n) is 2.53. The Balaban J connectivity index is 1.59. The molecule has 144 valence electrons. The minimum atomic E-state index is -0.225. The van der Waals surface area contributed by atoms with Crippen molar-refractivity contribution in [3.8, 4) is 11.5 Å². The molecule has 0 radical (unpaired) electrons. The van der Waals surface area contributed by atoms with Crippen LogP contribution in [0.5, 0.6) is 11.5 Å². The maximum atomic E-state index is 12.3. The number of carbonyl (C=O) groups is 1. The lowest BCUT2D eigenvalue weighted by molar-refractivity contribution is 0.102. The van der Waals surface area contributed by atoms with Crippen LogP contribution >= 0.6 is 0 Å². The molecule has 2 N–H and O–H groups in total. The van der Waals surface area contributed by atoms with E-state index in [4.69, 9.17) is 9.47 Å². The number of carbonyl (C=O) groups excluding carboxylic acids is 1. The first kappa shape index (κ1) is 19.2. The monoisotopic (exact) mass is 377 g/mol. The molecule has 0 aliphatic rings. The molecule has 3 rings (SSSR count). The van der Waals surface area contributed by atoms with Gasteiger partial charge >= 0.3 is 0 Å². The van der Waals surface area contributed by atoms with Gasteiger partial charge in [0.2, 0.25) is 0 Å². The van der Waals surface area contributed by atoms with Gasteiger partial charge in [0.1, 0.15) is 17.3 Å². The van der Waals surface area contributed by atoms with Crippen molar-refractivity contribution in [3.05, 3.63) is 72.4 Å². The molecule has 0 unspecified atom stereocenters. The van der Waals surface area contributed by atoms with Crippen molar-refractivity contribution in [1.29, 1.82) is 0 Å². The fourth-order valence-corrected chi connectivity index (χ4v) is 2.53. The second-order valence-electron chi connectivity index (χ2n) is 6.43. The van der Waals surface area contributed by atoms with Crippen molar-refractivity contribution in [3.63, 3.8) is 0 Å². The quantitative estimate of drug-likeness (QED) is 0.614. The molecule has 6 heteroatoms. The van der Waals surface area contributed by atoms with Crippen LogP contribution in [0.25, 0.3) is 0 Å². The van der Waals surface area contributed by atoms with Crippen molar-refractivity contribution in [1.82, 2.24) is 4.98 Å². The van der Waals surface area contributed by atoms with Crippen LogP contribution in [0, 0.1) is 0 Å². The number of nitrogens with one attached hydrogen (secondary N) is 2. The maximum absolute atomic E-state index is 12.3. The van der Waals surface area contributed by atoms with Crippen molar-refractivity contribution < 1.29 is 14.3 Å². The van der Waals surface area contributed by atoms with Gasteiger partial charge in [-0.2, -0.15) is 0 Å². The second-order valence-corrected chi connectivity index (χ2v) is 6.43. The molecule has 0 aliphatic heterocycles. The summed E-state index contributed by atoms with van der Waals surface area (Å²) in [6, 6.07) is 18.2. The number of ether oxygens (including phenoxy) is 2. The van der Waals surface area contributed by atoms with E-state index in [1.165, 1.54) is 0 Å². The zero-order valence-corrected chi connectivity index (χ0v) is 16.1. The first-order valence-electron chi connectivity index (χ1n) is 8.98. The van der Waals surface area contributed by atoms with Gasteiger partial charge in [0.15, 0.2) is 0 Å². The maximum Gasteiger partial charge on any atom is 0.256 e. The van der Waals surface area contributed by atoms with E-state index in [-0.39, 0.29) is 12.0 Å². The third-order valence-electron chi connectivity index (χ3n) is 3.87. The summed E-state index contributed by atoms with van der Waals surface area (Å²) in [4.78, 5) is 16.6. The normalized spacial score (nSPS) is 10.4. The number of benzene rings is 2. The van der Waals surface area contributed by atoms with E-state index in [0.717, 1.165) is 17.1 Å². The van der Waals surface area contributed by atoms with Crippen LogP contribution in [0.4, 0.5) is 17.2 Å². The predicted molar refractivity (Wildman–Crippen MR) is 111 cm³/mol. The molecule has 0 saturated carbocycles. The molecule has 1 amide bonds. The summed E-state index contributed by atoms with van der Waals surface area (Å²) in [5.41, 5.74) is 2.28. The lowest BCUT2D eigenvalue weighted by atomic mass is 10.2. The Kier molecular flexibility index (Phi) is 6.11. The Bertz CT molecular complexity index is 905. The lowest BCUT2D eigenvalue weighted by Gasteiger charge is -2.11. The Morgan fingerprint density at radius 1 is 0.893 bits per heavy atom. The van der Waals surface area contributed by atoms with E-state index in [2.05, 4.69) is 15.6 Å². The Hall–Kier alpha value is -3.54. The van der Waals surface area contributed by atoms with Gasteiger partial charge in [0.25, 0.3) is 5.91 Å². The SMILES string of the molecule is COc1ccc(C(=O)Nc2ccc(Nc3ccc(OC(C)C)cc3)cn2)cc1. The number of anilines is 3. The third kappa shape index (κ3) is 5.23. The minimum absolute atomic E-state index is 0.142. The summed E-state index contributed by atoms with van der Waals surface area (Å²) in [5, 5.41) is 6.04. The molecule has 6 nitrogen and oxygen atoms in total. The highest BCUT2D eigenvalue weighted by Crippen LogP contribution is 2.21. The molecule has 2 aromatic carbocycles. The molecule has 28 heavy (non-hydrogen) atoms. The smallest absolute Gasteiger partial charge is 0.256 e. The van der Waals surface area contributed by atoms with Crippen molar-refractivity contribution in [2.24, 2.45) is 0 Å². The number of hydrogen-bond acceptors (Lipinski definition) is 5. The number of nitrogens with zero attached hydrogens (tertiary/aromatic N) is 1. The highest BCUT2D eigenvalue weighted by atomic mass is 16.5. The molecule has 0 atom stereocenters. The fraction of sp³-hybridized carbons (Fsp3) is 0.182. The Morgan fingerprint density at radius 3 is 2.11 bits per heavy atom. The van der Waals surface area contributed by atoms with Crippen molar-refractivity contribution in [2.45, 2.75) is 20.0 Å². The van der Waals surface area contributed by atoms with Gasteiger partial charge in [-0.25, -0.2) is 4.98 Å². The zero-order valence-electron chi connectivity index (χ0n) is 16.1. The van der Waals surface area contributed by atoms with E-state index in [0.29, 0.717) is 17.1 Å². The summed E-state index contributed by atoms with van der Waals surface area (Å²) >= 11 is 0. The number of amides is 1. The van der Waals surface area contributed by atoms with Crippen LogP contribution in [-0.4, -0.2) is 24.1 Å². The summed E-state index contributed by atoms with van der Waals surface area (Å²) in [5.74, 6) is 1.79. The lowest BCUT2D eigenvalue weighted by Crippen LogP contribution is -2.12. The summed E-state index contributed by atoms with van der Waals surface area (Å²) in [6.45, 7) is 3.99. The van der Waals surface area contributed by atoms with E-state index in [1.54, 1.807) is 43.6 Å². The van der Waals surface area contributed by atoms with E-state index in [1.807, 2.05) is 44.2 Å². The van der Waals surface area contributed by atoms with Gasteiger partial charge in [-0.05, 0) is 74.5 Å². The largest absolute Gasteiger partial charge is 0.497 e. The molecule has 0 saturated heterocycles. The zero-order chi connectivity index (χ0) is 19.9. The first-order chi connectivity index (χ1) is 13.5. The molecule has 1 aromatic heterocycles. The van der Waals surface area contributed by atoms with Crippen molar-refractivity contribution >= 4 is 23.1 Å². The van der Waals surface area contributed by atoms with E-state index < -0.39 is 0 Å². The molecular formula is C22H23N3O3. The average molecular weight is 377 g/mol. The Labute approximate surface area is 164 Å². The van der Waals surface area contributed by atoms with Gasteiger partial charge in [0.05, 0.1) is 25.1 Å². The van der Waals surface area contributed by atoms with Crippen LogP contribution in [0.15, 0.2) is 66.9 Å². The van der Waals surface area contributed by atoms with Crippen LogP contribution in [0.3, 0.4) is 0 Å². The van der Waals surface area contributed by atoms with Gasteiger partial charge in [-0.1, -0.05) is 0 Å². The van der Waals surface area contributed by atoms with Crippen LogP contribution in [0.2, 0.25) is 0 Å². The van der Waals surface area contributed by atoms with Crippen LogP contribution < -0.4 is 20.1 Å². The third-order valence-corrected chi connectivity index (χ3v) is 3.87. The molecule has 0 aliphatic carbocycles. The minimum Gasteiger partial charge on any atom is -0.497 e.